The number of aromatic nitrogens is 2. The van der Waals surface area contributed by atoms with Crippen molar-refractivity contribution in [3.63, 3.8) is 0 Å². The first-order valence-corrected chi connectivity index (χ1v) is 5.42. The number of hydrogen-bond acceptors (Lipinski definition) is 3. The Morgan fingerprint density at radius 3 is 2.39 bits per heavy atom. The number of nitrogens with zero attached hydrogens (tertiary/aromatic N) is 2. The van der Waals surface area contributed by atoms with E-state index in [2.05, 4.69) is 0 Å². The molecular formula is C12H12N2O4. The number of aryl methyl sites for hydroxylation is 2. The minimum absolute atomic E-state index is 0.00917. The molecule has 0 atom stereocenters. The van der Waals surface area contributed by atoms with E-state index in [0.29, 0.717) is 11.0 Å². The van der Waals surface area contributed by atoms with Gasteiger partial charge in [0.05, 0.1) is 17.5 Å². The molecule has 1 N–H and O–H groups in total. The van der Waals surface area contributed by atoms with Crippen LogP contribution >= 0.6 is 0 Å². The fourth-order valence-electron chi connectivity index (χ4n) is 1.88. The topological polar surface area (TPSA) is 81.3 Å². The molecule has 0 radical (unpaired) electrons. The van der Waals surface area contributed by atoms with Crippen LogP contribution in [0.5, 0.6) is 0 Å². The van der Waals surface area contributed by atoms with Gasteiger partial charge in [-0.15, -0.1) is 0 Å². The summed E-state index contributed by atoms with van der Waals surface area (Å²) >= 11 is 0. The summed E-state index contributed by atoms with van der Waals surface area (Å²) in [6.45, 7) is -0.00917. The summed E-state index contributed by atoms with van der Waals surface area (Å²) in [4.78, 5) is 34.2. The monoisotopic (exact) mass is 248 g/mol. The van der Waals surface area contributed by atoms with Gasteiger partial charge in [-0.05, 0) is 12.1 Å². The van der Waals surface area contributed by atoms with Crippen molar-refractivity contribution in [2.24, 2.45) is 7.05 Å². The molecule has 0 aliphatic rings. The van der Waals surface area contributed by atoms with Gasteiger partial charge in [-0.2, -0.15) is 0 Å². The summed E-state index contributed by atoms with van der Waals surface area (Å²) in [7, 11) is 1.52. The first kappa shape index (κ1) is 12.1. The summed E-state index contributed by atoms with van der Waals surface area (Å²) in [5.74, 6) is -1.01. The zero-order valence-electron chi connectivity index (χ0n) is 9.79. The summed E-state index contributed by atoms with van der Waals surface area (Å²) in [6.07, 6.45) is -0.197. The van der Waals surface area contributed by atoms with Crippen molar-refractivity contribution in [2.45, 2.75) is 13.0 Å². The number of fused-ring (bicyclic) bond motifs is 1. The Bertz CT molecular complexity index is 727. The van der Waals surface area contributed by atoms with Gasteiger partial charge in [0.1, 0.15) is 0 Å². The van der Waals surface area contributed by atoms with Gasteiger partial charge in [-0.3, -0.25) is 14.4 Å². The lowest BCUT2D eigenvalue weighted by atomic mass is 10.2. The first-order chi connectivity index (χ1) is 8.52. The van der Waals surface area contributed by atoms with Crippen molar-refractivity contribution in [1.29, 1.82) is 0 Å². The Kier molecular flexibility index (Phi) is 3.01. The molecular weight excluding hydrogens is 236 g/mol. The van der Waals surface area contributed by atoms with E-state index < -0.39 is 17.1 Å². The van der Waals surface area contributed by atoms with Crippen LogP contribution in [0.15, 0.2) is 33.9 Å². The third kappa shape index (κ3) is 1.92. The summed E-state index contributed by atoms with van der Waals surface area (Å²) in [6, 6.07) is 6.91. The van der Waals surface area contributed by atoms with E-state index in [-0.39, 0.29) is 13.0 Å². The molecule has 0 amide bonds. The van der Waals surface area contributed by atoms with Crippen molar-refractivity contribution in [2.75, 3.05) is 0 Å². The summed E-state index contributed by atoms with van der Waals surface area (Å²) < 4.78 is 2.49. The minimum atomic E-state index is -1.01. The third-order valence-electron chi connectivity index (χ3n) is 2.82. The summed E-state index contributed by atoms with van der Waals surface area (Å²) in [5, 5.41) is 8.66. The molecule has 0 saturated carbocycles. The smallest absolute Gasteiger partial charge is 0.316 e. The molecule has 1 aromatic carbocycles. The van der Waals surface area contributed by atoms with E-state index >= 15 is 0 Å². The van der Waals surface area contributed by atoms with Gasteiger partial charge in [-0.25, -0.2) is 0 Å². The zero-order valence-corrected chi connectivity index (χ0v) is 9.79. The second-order valence-electron chi connectivity index (χ2n) is 3.95. The summed E-state index contributed by atoms with van der Waals surface area (Å²) in [5.41, 5.74) is -0.185. The molecule has 2 rings (SSSR count). The van der Waals surface area contributed by atoms with Crippen molar-refractivity contribution < 1.29 is 9.90 Å². The largest absolute Gasteiger partial charge is 0.481 e. The second-order valence-corrected chi connectivity index (χ2v) is 3.95. The van der Waals surface area contributed by atoms with Crippen LogP contribution in [0.4, 0.5) is 0 Å². The Morgan fingerprint density at radius 2 is 1.78 bits per heavy atom. The predicted octanol–water partition coefficient (Wildman–Crippen LogP) is 0.175. The highest BCUT2D eigenvalue weighted by atomic mass is 16.4. The van der Waals surface area contributed by atoms with Crippen LogP contribution in [0.3, 0.4) is 0 Å². The standard InChI is InChI=1S/C12H12N2O4/c1-13-8-4-2-3-5-9(8)14(7-6-10(15)16)12(18)11(13)17/h2-5H,6-7H2,1H3,(H,15,16). The molecule has 0 spiro atoms. The van der Waals surface area contributed by atoms with Gasteiger partial charge >= 0.3 is 17.1 Å². The number of hydrogen-bond donors (Lipinski definition) is 1. The van der Waals surface area contributed by atoms with Gasteiger partial charge in [-0.1, -0.05) is 12.1 Å². The molecule has 94 valence electrons. The molecule has 6 heteroatoms. The van der Waals surface area contributed by atoms with Crippen LogP contribution in [0.2, 0.25) is 0 Å². The Labute approximate surface area is 102 Å². The lowest BCUT2D eigenvalue weighted by Gasteiger charge is -2.11. The highest BCUT2D eigenvalue weighted by Crippen LogP contribution is 2.09. The van der Waals surface area contributed by atoms with E-state index in [1.165, 1.54) is 16.2 Å². The number of carboxylic acid groups (broad SMARTS) is 1. The molecule has 0 aliphatic heterocycles. The lowest BCUT2D eigenvalue weighted by molar-refractivity contribution is -0.137. The quantitative estimate of drug-likeness (QED) is 0.785. The molecule has 6 nitrogen and oxygen atoms in total. The van der Waals surface area contributed by atoms with Crippen molar-refractivity contribution in [1.82, 2.24) is 9.13 Å². The number of para-hydroxylation sites is 2. The first-order valence-electron chi connectivity index (χ1n) is 5.42. The van der Waals surface area contributed by atoms with Crippen LogP contribution in [-0.4, -0.2) is 20.2 Å². The number of carboxylic acids is 1. The fraction of sp³-hybridized carbons (Fsp3) is 0.250. The fourth-order valence-corrected chi connectivity index (χ4v) is 1.88. The molecule has 1 aromatic heterocycles. The Balaban J connectivity index is 2.75. The molecule has 0 bridgehead atoms. The van der Waals surface area contributed by atoms with Crippen molar-refractivity contribution >= 4 is 17.0 Å². The van der Waals surface area contributed by atoms with Gasteiger partial charge in [0.2, 0.25) is 0 Å². The second kappa shape index (κ2) is 4.48. The maximum absolute atomic E-state index is 11.9. The van der Waals surface area contributed by atoms with E-state index in [1.54, 1.807) is 24.3 Å². The maximum Gasteiger partial charge on any atom is 0.316 e. The van der Waals surface area contributed by atoms with E-state index in [4.69, 9.17) is 5.11 Å². The van der Waals surface area contributed by atoms with Crippen molar-refractivity contribution in [3.8, 4) is 0 Å². The molecule has 18 heavy (non-hydrogen) atoms. The number of carbonyl (C=O) groups is 1. The predicted molar refractivity (Wildman–Crippen MR) is 65.7 cm³/mol. The van der Waals surface area contributed by atoms with Gasteiger partial charge in [0, 0.05) is 13.6 Å². The van der Waals surface area contributed by atoms with Gasteiger partial charge < -0.3 is 14.2 Å². The van der Waals surface area contributed by atoms with E-state index in [1.807, 2.05) is 0 Å². The van der Waals surface area contributed by atoms with Gasteiger partial charge in [0.15, 0.2) is 0 Å². The normalized spacial score (nSPS) is 10.7. The number of rotatable bonds is 3. The average Bonchev–Trinajstić information content (AvgIpc) is 2.36. The van der Waals surface area contributed by atoms with Crippen LogP contribution in [0.1, 0.15) is 6.42 Å². The lowest BCUT2D eigenvalue weighted by Crippen LogP contribution is -2.40. The molecule has 0 aliphatic carbocycles. The van der Waals surface area contributed by atoms with E-state index in [0.717, 1.165) is 0 Å². The molecule has 0 fully saturated rings. The molecule has 0 saturated heterocycles. The van der Waals surface area contributed by atoms with Crippen LogP contribution < -0.4 is 11.1 Å². The SMILES string of the molecule is Cn1c(=O)c(=O)n(CCC(=O)O)c2ccccc21. The minimum Gasteiger partial charge on any atom is -0.481 e. The van der Waals surface area contributed by atoms with Crippen LogP contribution in [0.25, 0.3) is 11.0 Å². The third-order valence-corrected chi connectivity index (χ3v) is 2.82. The zero-order chi connectivity index (χ0) is 13.3. The van der Waals surface area contributed by atoms with Crippen molar-refractivity contribution in [3.05, 3.63) is 45.0 Å². The molecule has 1 heterocycles. The highest BCUT2D eigenvalue weighted by molar-refractivity contribution is 5.75. The number of benzene rings is 1. The number of aliphatic carboxylic acids is 1. The average molecular weight is 248 g/mol. The van der Waals surface area contributed by atoms with Gasteiger partial charge in [0.25, 0.3) is 0 Å². The maximum atomic E-state index is 11.9. The van der Waals surface area contributed by atoms with Crippen LogP contribution in [-0.2, 0) is 18.4 Å². The molecule has 2 aromatic rings. The Morgan fingerprint density at radius 1 is 1.17 bits per heavy atom. The molecule has 0 unspecified atom stereocenters. The Hall–Kier alpha value is -2.37. The van der Waals surface area contributed by atoms with E-state index in [9.17, 15) is 14.4 Å². The van der Waals surface area contributed by atoms with Crippen LogP contribution in [0, 0.1) is 0 Å². The highest BCUT2D eigenvalue weighted by Gasteiger charge is 2.11.